The smallest absolute Gasteiger partial charge is 0.354 e. The zero-order chi connectivity index (χ0) is 12.1. The van der Waals surface area contributed by atoms with Crippen molar-refractivity contribution in [3.8, 4) is 0 Å². The molecule has 17 heavy (non-hydrogen) atoms. The largest absolute Gasteiger partial charge is 0.477 e. The van der Waals surface area contributed by atoms with Gasteiger partial charge in [-0.3, -0.25) is 0 Å². The molecule has 3 N–H and O–H groups in total. The quantitative estimate of drug-likeness (QED) is 0.622. The first kappa shape index (κ1) is 11.9. The van der Waals surface area contributed by atoms with Gasteiger partial charge in [0.1, 0.15) is 5.69 Å². The van der Waals surface area contributed by atoms with Crippen molar-refractivity contribution < 1.29 is 9.90 Å². The molecule has 0 bridgehead atoms. The number of pyridine rings is 1. The normalized spacial score (nSPS) is 14.6. The Hall–Kier alpha value is -1.62. The highest BCUT2D eigenvalue weighted by Gasteiger charge is 2.19. The Balaban J connectivity index is 1.70. The molecule has 0 spiro atoms. The van der Waals surface area contributed by atoms with Crippen LogP contribution in [0.4, 0.5) is 5.69 Å². The van der Waals surface area contributed by atoms with Crippen LogP contribution >= 0.6 is 0 Å². The van der Waals surface area contributed by atoms with Crippen LogP contribution < -0.4 is 10.6 Å². The van der Waals surface area contributed by atoms with Crippen LogP contribution in [0.3, 0.4) is 0 Å². The number of hydrogen-bond acceptors (Lipinski definition) is 4. The van der Waals surface area contributed by atoms with Gasteiger partial charge < -0.3 is 15.7 Å². The maximum absolute atomic E-state index is 10.7. The Labute approximate surface area is 100 Å². The Bertz CT molecular complexity index is 391. The van der Waals surface area contributed by atoms with Crippen molar-refractivity contribution >= 4 is 11.7 Å². The second-order valence-electron chi connectivity index (χ2n) is 4.24. The lowest BCUT2D eigenvalue weighted by Gasteiger charge is -2.07. The zero-order valence-corrected chi connectivity index (χ0v) is 9.65. The highest BCUT2D eigenvalue weighted by atomic mass is 16.4. The van der Waals surface area contributed by atoms with E-state index >= 15 is 0 Å². The number of carboxylic acids is 1. The van der Waals surface area contributed by atoms with Crippen LogP contribution in [0.2, 0.25) is 0 Å². The summed E-state index contributed by atoms with van der Waals surface area (Å²) in [5.41, 5.74) is 0.884. The van der Waals surface area contributed by atoms with Gasteiger partial charge in [0.15, 0.2) is 0 Å². The third kappa shape index (κ3) is 4.03. The average molecular weight is 235 g/mol. The van der Waals surface area contributed by atoms with Gasteiger partial charge in [0, 0.05) is 24.5 Å². The van der Waals surface area contributed by atoms with Crippen LogP contribution in [0.5, 0.6) is 0 Å². The summed E-state index contributed by atoms with van der Waals surface area (Å²) < 4.78 is 0. The van der Waals surface area contributed by atoms with E-state index in [0.29, 0.717) is 0 Å². The molecule has 1 heterocycles. The molecular weight excluding hydrogens is 218 g/mol. The topological polar surface area (TPSA) is 74.2 Å². The number of rotatable bonds is 7. The molecule has 0 saturated heterocycles. The molecule has 0 aliphatic heterocycles. The van der Waals surface area contributed by atoms with Crippen molar-refractivity contribution in [2.45, 2.75) is 25.3 Å². The van der Waals surface area contributed by atoms with Gasteiger partial charge in [-0.2, -0.15) is 0 Å². The van der Waals surface area contributed by atoms with Crippen LogP contribution in [0.1, 0.15) is 29.8 Å². The lowest BCUT2D eigenvalue weighted by Crippen LogP contribution is -2.20. The minimum atomic E-state index is -0.996. The van der Waals surface area contributed by atoms with Crippen LogP contribution in [-0.2, 0) is 0 Å². The van der Waals surface area contributed by atoms with Gasteiger partial charge in [-0.15, -0.1) is 0 Å². The fourth-order valence-electron chi connectivity index (χ4n) is 1.57. The number of carboxylic acid groups (broad SMARTS) is 1. The van der Waals surface area contributed by atoms with Crippen molar-refractivity contribution in [2.24, 2.45) is 0 Å². The molecule has 1 fully saturated rings. The zero-order valence-electron chi connectivity index (χ0n) is 9.65. The molecule has 5 nitrogen and oxygen atoms in total. The number of nitrogens with one attached hydrogen (secondary N) is 2. The van der Waals surface area contributed by atoms with E-state index in [4.69, 9.17) is 5.11 Å². The van der Waals surface area contributed by atoms with E-state index < -0.39 is 5.97 Å². The molecule has 0 aromatic carbocycles. The number of nitrogens with zero attached hydrogens (tertiary/aromatic N) is 1. The fraction of sp³-hybridized carbons (Fsp3) is 0.500. The summed E-state index contributed by atoms with van der Waals surface area (Å²) in [6.07, 6.45) is 5.15. The minimum Gasteiger partial charge on any atom is -0.477 e. The minimum absolute atomic E-state index is 0.0751. The standard InChI is InChI=1S/C12H17N3O2/c16-12(17)11-8-10(4-7-15-11)14-6-1-5-13-9-2-3-9/h4,7-9,13H,1-3,5-6H2,(H,14,15)(H,16,17). The van der Waals surface area contributed by atoms with Crippen LogP contribution in [0, 0.1) is 0 Å². The van der Waals surface area contributed by atoms with E-state index in [0.717, 1.165) is 31.2 Å². The highest BCUT2D eigenvalue weighted by Crippen LogP contribution is 2.18. The molecule has 0 radical (unpaired) electrons. The van der Waals surface area contributed by atoms with E-state index in [9.17, 15) is 4.79 Å². The summed E-state index contributed by atoms with van der Waals surface area (Å²) in [6.45, 7) is 1.84. The molecule has 5 heteroatoms. The summed E-state index contributed by atoms with van der Waals surface area (Å²) >= 11 is 0. The third-order valence-electron chi connectivity index (χ3n) is 2.67. The van der Waals surface area contributed by atoms with E-state index in [1.807, 2.05) is 0 Å². The predicted molar refractivity (Wildman–Crippen MR) is 65.3 cm³/mol. The molecule has 0 amide bonds. The van der Waals surface area contributed by atoms with Crippen molar-refractivity contribution in [2.75, 3.05) is 18.4 Å². The maximum Gasteiger partial charge on any atom is 0.354 e. The second-order valence-corrected chi connectivity index (χ2v) is 4.24. The van der Waals surface area contributed by atoms with Crippen LogP contribution in [-0.4, -0.2) is 35.2 Å². The van der Waals surface area contributed by atoms with E-state index in [-0.39, 0.29) is 5.69 Å². The predicted octanol–water partition coefficient (Wildman–Crippen LogP) is 1.33. The molecule has 92 valence electrons. The van der Waals surface area contributed by atoms with Crippen molar-refractivity contribution in [1.82, 2.24) is 10.3 Å². The van der Waals surface area contributed by atoms with Gasteiger partial charge >= 0.3 is 5.97 Å². The van der Waals surface area contributed by atoms with Gasteiger partial charge in [-0.25, -0.2) is 9.78 Å². The maximum atomic E-state index is 10.7. The van der Waals surface area contributed by atoms with Gasteiger partial charge in [-0.05, 0) is 37.9 Å². The van der Waals surface area contributed by atoms with Gasteiger partial charge in [-0.1, -0.05) is 0 Å². The van der Waals surface area contributed by atoms with Gasteiger partial charge in [0.2, 0.25) is 0 Å². The monoisotopic (exact) mass is 235 g/mol. The van der Waals surface area contributed by atoms with Crippen LogP contribution in [0.25, 0.3) is 0 Å². The number of hydrogen-bond donors (Lipinski definition) is 3. The Morgan fingerprint density at radius 3 is 3.00 bits per heavy atom. The first-order chi connectivity index (χ1) is 8.25. The van der Waals surface area contributed by atoms with Gasteiger partial charge in [0.05, 0.1) is 0 Å². The lowest BCUT2D eigenvalue weighted by atomic mass is 10.3. The number of carbonyl (C=O) groups is 1. The van der Waals surface area contributed by atoms with E-state index in [1.165, 1.54) is 19.0 Å². The Kier molecular flexibility index (Phi) is 3.93. The summed E-state index contributed by atoms with van der Waals surface area (Å²) in [4.78, 5) is 14.5. The highest BCUT2D eigenvalue weighted by molar-refractivity contribution is 5.86. The Morgan fingerprint density at radius 2 is 2.29 bits per heavy atom. The molecule has 0 unspecified atom stereocenters. The lowest BCUT2D eigenvalue weighted by molar-refractivity contribution is 0.0690. The van der Waals surface area contributed by atoms with E-state index in [2.05, 4.69) is 15.6 Å². The average Bonchev–Trinajstić information content (AvgIpc) is 3.13. The molecular formula is C12H17N3O2. The second kappa shape index (κ2) is 5.63. The molecule has 2 rings (SSSR count). The van der Waals surface area contributed by atoms with Crippen molar-refractivity contribution in [3.63, 3.8) is 0 Å². The summed E-state index contributed by atoms with van der Waals surface area (Å²) in [6, 6.07) is 4.08. The molecule has 1 aliphatic rings. The third-order valence-corrected chi connectivity index (χ3v) is 2.67. The number of anilines is 1. The van der Waals surface area contributed by atoms with Crippen LogP contribution in [0.15, 0.2) is 18.3 Å². The van der Waals surface area contributed by atoms with Crippen molar-refractivity contribution in [3.05, 3.63) is 24.0 Å². The summed E-state index contributed by atoms with van der Waals surface area (Å²) in [7, 11) is 0. The fourth-order valence-corrected chi connectivity index (χ4v) is 1.57. The summed E-state index contributed by atoms with van der Waals surface area (Å²) in [5, 5.41) is 15.4. The molecule has 1 aromatic heterocycles. The molecule has 1 aromatic rings. The van der Waals surface area contributed by atoms with E-state index in [1.54, 1.807) is 12.1 Å². The number of aromatic nitrogens is 1. The number of aromatic carboxylic acids is 1. The van der Waals surface area contributed by atoms with Crippen molar-refractivity contribution in [1.29, 1.82) is 0 Å². The molecule has 1 aliphatic carbocycles. The Morgan fingerprint density at radius 1 is 1.47 bits per heavy atom. The summed E-state index contributed by atoms with van der Waals surface area (Å²) in [5.74, 6) is -0.996. The van der Waals surface area contributed by atoms with Gasteiger partial charge in [0.25, 0.3) is 0 Å². The SMILES string of the molecule is O=C(O)c1cc(NCCCNC2CC2)ccn1. The molecule has 1 saturated carbocycles. The first-order valence-electron chi connectivity index (χ1n) is 5.92. The molecule has 0 atom stereocenters. The first-order valence-corrected chi connectivity index (χ1v) is 5.92.